The minimum Gasteiger partial charge on any atom is -0.346 e. The minimum atomic E-state index is -0.123. The summed E-state index contributed by atoms with van der Waals surface area (Å²) in [5, 5.41) is 10.1. The van der Waals surface area contributed by atoms with E-state index in [-0.39, 0.29) is 11.9 Å². The van der Waals surface area contributed by atoms with Crippen LogP contribution in [0.5, 0.6) is 0 Å². The van der Waals surface area contributed by atoms with E-state index in [9.17, 15) is 4.79 Å². The largest absolute Gasteiger partial charge is 0.346 e. The number of hydrogen-bond donors (Lipinski definition) is 3. The van der Waals surface area contributed by atoms with Gasteiger partial charge in [0.15, 0.2) is 0 Å². The fourth-order valence-corrected chi connectivity index (χ4v) is 2.74. The monoisotopic (exact) mass is 311 g/mol. The van der Waals surface area contributed by atoms with Gasteiger partial charge in [-0.1, -0.05) is 19.1 Å². The Morgan fingerprint density at radius 1 is 1.30 bits per heavy atom. The van der Waals surface area contributed by atoms with Crippen LogP contribution in [0, 0.1) is 13.8 Å². The molecule has 0 aliphatic carbocycles. The number of aromatic nitrogens is 4. The highest BCUT2D eigenvalue weighted by Crippen LogP contribution is 2.19. The minimum absolute atomic E-state index is 0.0232. The fourth-order valence-electron chi connectivity index (χ4n) is 2.74. The first-order valence-corrected chi connectivity index (χ1v) is 7.83. The molecule has 0 saturated carbocycles. The van der Waals surface area contributed by atoms with Crippen molar-refractivity contribution in [2.24, 2.45) is 0 Å². The molecule has 6 nitrogen and oxygen atoms in total. The number of fused-ring (bicyclic) bond motifs is 1. The van der Waals surface area contributed by atoms with Gasteiger partial charge in [-0.05, 0) is 32.4 Å². The second-order valence-corrected chi connectivity index (χ2v) is 5.76. The van der Waals surface area contributed by atoms with Crippen molar-refractivity contribution in [3.63, 3.8) is 0 Å². The molecule has 3 N–H and O–H groups in total. The number of imidazole rings is 1. The normalized spacial score (nSPS) is 12.5. The van der Waals surface area contributed by atoms with Crippen LogP contribution < -0.4 is 5.32 Å². The van der Waals surface area contributed by atoms with Crippen LogP contribution in [-0.4, -0.2) is 26.1 Å². The van der Waals surface area contributed by atoms with Crippen molar-refractivity contribution in [1.29, 1.82) is 0 Å². The molecular formula is C17H21N5O. The Kier molecular flexibility index (Phi) is 4.14. The van der Waals surface area contributed by atoms with E-state index in [2.05, 4.69) is 25.5 Å². The summed E-state index contributed by atoms with van der Waals surface area (Å²) < 4.78 is 0. The van der Waals surface area contributed by atoms with Crippen molar-refractivity contribution in [3.8, 4) is 0 Å². The van der Waals surface area contributed by atoms with Crippen LogP contribution in [0.3, 0.4) is 0 Å². The third kappa shape index (κ3) is 3.11. The molecular weight excluding hydrogens is 290 g/mol. The lowest BCUT2D eigenvalue weighted by molar-refractivity contribution is -0.121. The van der Waals surface area contributed by atoms with Crippen LogP contribution in [0.1, 0.15) is 42.2 Å². The van der Waals surface area contributed by atoms with Crippen LogP contribution in [-0.2, 0) is 11.2 Å². The Morgan fingerprint density at radius 2 is 2.09 bits per heavy atom. The maximum atomic E-state index is 12.4. The number of carbonyl (C=O) groups is 1. The summed E-state index contributed by atoms with van der Waals surface area (Å²) in [7, 11) is 0. The third-order valence-electron chi connectivity index (χ3n) is 4.10. The molecule has 3 aromatic rings. The van der Waals surface area contributed by atoms with Gasteiger partial charge >= 0.3 is 0 Å². The van der Waals surface area contributed by atoms with E-state index in [4.69, 9.17) is 0 Å². The van der Waals surface area contributed by atoms with E-state index in [1.807, 2.05) is 45.0 Å². The van der Waals surface area contributed by atoms with Crippen molar-refractivity contribution >= 4 is 16.9 Å². The lowest BCUT2D eigenvalue weighted by atomic mass is 10.1. The van der Waals surface area contributed by atoms with Gasteiger partial charge in [-0.25, -0.2) is 4.98 Å². The van der Waals surface area contributed by atoms with Gasteiger partial charge in [-0.2, -0.15) is 5.10 Å². The SMILES string of the molecule is CCC(NC(=O)Cc1c(C)n[nH]c1C)c1nc2ccccc2[nH]1. The number of aromatic amines is 2. The summed E-state index contributed by atoms with van der Waals surface area (Å²) in [6, 6.07) is 7.74. The van der Waals surface area contributed by atoms with Crippen LogP contribution in [0.25, 0.3) is 11.0 Å². The van der Waals surface area contributed by atoms with Crippen LogP contribution in [0.4, 0.5) is 0 Å². The first kappa shape index (κ1) is 15.3. The van der Waals surface area contributed by atoms with Crippen LogP contribution in [0.2, 0.25) is 0 Å². The van der Waals surface area contributed by atoms with Gasteiger partial charge in [-0.15, -0.1) is 0 Å². The predicted octanol–water partition coefficient (Wildman–Crippen LogP) is 2.71. The van der Waals surface area contributed by atoms with E-state index in [1.54, 1.807) is 0 Å². The number of aryl methyl sites for hydroxylation is 2. The van der Waals surface area contributed by atoms with Crippen LogP contribution >= 0.6 is 0 Å². The predicted molar refractivity (Wildman–Crippen MR) is 89.0 cm³/mol. The number of nitrogens with one attached hydrogen (secondary N) is 3. The zero-order valence-electron chi connectivity index (χ0n) is 13.6. The molecule has 23 heavy (non-hydrogen) atoms. The molecule has 0 radical (unpaired) electrons. The first-order valence-electron chi connectivity index (χ1n) is 7.83. The number of benzene rings is 1. The second kappa shape index (κ2) is 6.24. The molecule has 2 heterocycles. The molecule has 1 aromatic carbocycles. The highest BCUT2D eigenvalue weighted by atomic mass is 16.1. The lowest BCUT2D eigenvalue weighted by Crippen LogP contribution is -2.30. The zero-order valence-corrected chi connectivity index (χ0v) is 13.6. The third-order valence-corrected chi connectivity index (χ3v) is 4.10. The molecule has 0 aliphatic rings. The first-order chi connectivity index (χ1) is 11.1. The summed E-state index contributed by atoms with van der Waals surface area (Å²) in [5.74, 6) is 0.771. The number of carbonyl (C=O) groups excluding carboxylic acids is 1. The molecule has 1 atom stereocenters. The smallest absolute Gasteiger partial charge is 0.225 e. The number of hydrogen-bond acceptors (Lipinski definition) is 3. The van der Waals surface area contributed by atoms with Gasteiger partial charge in [0.05, 0.1) is 29.2 Å². The zero-order chi connectivity index (χ0) is 16.4. The average Bonchev–Trinajstić information content (AvgIpc) is 3.10. The summed E-state index contributed by atoms with van der Waals surface area (Å²) in [5.41, 5.74) is 4.67. The van der Waals surface area contributed by atoms with E-state index < -0.39 is 0 Å². The molecule has 6 heteroatoms. The molecule has 0 bridgehead atoms. The molecule has 1 amide bonds. The molecule has 0 spiro atoms. The molecule has 3 rings (SSSR count). The Labute approximate surface area is 134 Å². The maximum absolute atomic E-state index is 12.4. The topological polar surface area (TPSA) is 86.5 Å². The Morgan fingerprint density at radius 3 is 2.74 bits per heavy atom. The average molecular weight is 311 g/mol. The highest BCUT2D eigenvalue weighted by molar-refractivity contribution is 5.80. The summed E-state index contributed by atoms with van der Waals surface area (Å²) in [6.07, 6.45) is 1.10. The van der Waals surface area contributed by atoms with Crippen molar-refractivity contribution in [3.05, 3.63) is 47.0 Å². The number of nitrogens with zero attached hydrogens (tertiary/aromatic N) is 2. The van der Waals surface area contributed by atoms with Gasteiger partial charge < -0.3 is 10.3 Å². The van der Waals surface area contributed by atoms with E-state index in [1.165, 1.54) is 0 Å². The molecule has 1 unspecified atom stereocenters. The Hall–Kier alpha value is -2.63. The number of para-hydroxylation sites is 2. The molecule has 0 fully saturated rings. The van der Waals surface area contributed by atoms with Gasteiger partial charge in [0.25, 0.3) is 0 Å². The van der Waals surface area contributed by atoms with Gasteiger partial charge in [0.2, 0.25) is 5.91 Å². The van der Waals surface area contributed by atoms with Crippen molar-refractivity contribution in [2.75, 3.05) is 0 Å². The number of rotatable bonds is 5. The van der Waals surface area contributed by atoms with Gasteiger partial charge in [0.1, 0.15) is 5.82 Å². The van der Waals surface area contributed by atoms with Gasteiger partial charge in [0, 0.05) is 11.3 Å². The summed E-state index contributed by atoms with van der Waals surface area (Å²) in [6.45, 7) is 5.87. The van der Waals surface area contributed by atoms with Gasteiger partial charge in [-0.3, -0.25) is 9.89 Å². The van der Waals surface area contributed by atoms with E-state index in [0.717, 1.165) is 40.2 Å². The second-order valence-electron chi connectivity index (χ2n) is 5.76. The quantitative estimate of drug-likeness (QED) is 0.677. The highest BCUT2D eigenvalue weighted by Gasteiger charge is 2.18. The van der Waals surface area contributed by atoms with Crippen molar-refractivity contribution in [1.82, 2.24) is 25.5 Å². The van der Waals surface area contributed by atoms with Crippen LogP contribution in [0.15, 0.2) is 24.3 Å². The standard InChI is InChI=1S/C17H21N5O/c1-4-13(17-19-14-7-5-6-8-15(14)20-17)18-16(23)9-12-10(2)21-22-11(12)3/h5-8,13H,4,9H2,1-3H3,(H,18,23)(H,19,20)(H,21,22). The number of amides is 1. The van der Waals surface area contributed by atoms with E-state index >= 15 is 0 Å². The summed E-state index contributed by atoms with van der Waals surface area (Å²) >= 11 is 0. The molecule has 0 aliphatic heterocycles. The van der Waals surface area contributed by atoms with Crippen molar-refractivity contribution in [2.45, 2.75) is 39.7 Å². The number of H-pyrrole nitrogens is 2. The summed E-state index contributed by atoms with van der Waals surface area (Å²) in [4.78, 5) is 20.2. The fraction of sp³-hybridized carbons (Fsp3) is 0.353. The lowest BCUT2D eigenvalue weighted by Gasteiger charge is -2.14. The molecule has 0 saturated heterocycles. The maximum Gasteiger partial charge on any atom is 0.225 e. The molecule has 2 aromatic heterocycles. The van der Waals surface area contributed by atoms with Crippen molar-refractivity contribution < 1.29 is 4.79 Å². The Balaban J connectivity index is 1.75. The van der Waals surface area contributed by atoms with E-state index in [0.29, 0.717) is 6.42 Å². The Bertz CT molecular complexity index is 780. The molecule has 120 valence electrons.